The summed E-state index contributed by atoms with van der Waals surface area (Å²) in [5, 5.41) is 12.5. The molecule has 0 aromatic heterocycles. The van der Waals surface area contributed by atoms with Gasteiger partial charge in [0.2, 0.25) is 5.91 Å². The second kappa shape index (κ2) is 15.6. The molecule has 1 aliphatic heterocycles. The van der Waals surface area contributed by atoms with Crippen molar-refractivity contribution in [3.63, 3.8) is 0 Å². The lowest BCUT2D eigenvalue weighted by molar-refractivity contribution is -0.139. The van der Waals surface area contributed by atoms with Crippen LogP contribution < -0.4 is 19.9 Å². The molecule has 1 aliphatic rings. The minimum atomic E-state index is -1.09. The summed E-state index contributed by atoms with van der Waals surface area (Å²) in [4.78, 5) is 41.7. The van der Waals surface area contributed by atoms with Crippen molar-refractivity contribution in [2.75, 3.05) is 36.0 Å². The zero-order valence-electron chi connectivity index (χ0n) is 27.1. The number of unbranched alkanes of at least 4 members (excludes halogenated alkanes) is 4. The first-order chi connectivity index (χ1) is 21.5. The van der Waals surface area contributed by atoms with Crippen LogP contribution in [0.3, 0.4) is 0 Å². The van der Waals surface area contributed by atoms with E-state index in [1.54, 1.807) is 17.0 Å². The predicted molar refractivity (Wildman–Crippen MR) is 179 cm³/mol. The first kappa shape index (κ1) is 33.6. The van der Waals surface area contributed by atoms with Crippen molar-refractivity contribution in [3.8, 4) is 5.75 Å². The topological polar surface area (TPSA) is 99.2 Å². The highest BCUT2D eigenvalue weighted by atomic mass is 16.5. The third-order valence-electron chi connectivity index (χ3n) is 8.24. The largest absolute Gasteiger partial charge is 0.494 e. The van der Waals surface area contributed by atoms with E-state index in [0.717, 1.165) is 34.7 Å². The lowest BCUT2D eigenvalue weighted by Crippen LogP contribution is -2.50. The van der Waals surface area contributed by atoms with E-state index >= 15 is 0 Å². The first-order valence-electron chi connectivity index (χ1n) is 16.1. The number of hydrogen-bond acceptors (Lipinski definition) is 5. The average molecular weight is 614 g/mol. The number of carbonyl (C=O) groups is 3. The molecule has 1 heterocycles. The van der Waals surface area contributed by atoms with E-state index in [1.165, 1.54) is 25.7 Å². The highest BCUT2D eigenvalue weighted by Gasteiger charge is 2.26. The molecule has 240 valence electrons. The van der Waals surface area contributed by atoms with Gasteiger partial charge in [-0.05, 0) is 71.5 Å². The summed E-state index contributed by atoms with van der Waals surface area (Å²) >= 11 is 0. The van der Waals surface area contributed by atoms with Crippen LogP contribution in [0.15, 0.2) is 72.8 Å². The normalized spacial score (nSPS) is 14.3. The van der Waals surface area contributed by atoms with Crippen LogP contribution in [0, 0.1) is 0 Å². The third-order valence-corrected chi connectivity index (χ3v) is 8.24. The molecule has 0 saturated carbocycles. The Morgan fingerprint density at radius 1 is 0.867 bits per heavy atom. The Hall–Kier alpha value is -4.33. The van der Waals surface area contributed by atoms with Gasteiger partial charge in [-0.2, -0.15) is 0 Å². The summed E-state index contributed by atoms with van der Waals surface area (Å²) in [7, 11) is 0. The van der Waals surface area contributed by atoms with Crippen LogP contribution >= 0.6 is 0 Å². The highest BCUT2D eigenvalue weighted by molar-refractivity contribution is 5.98. The van der Waals surface area contributed by atoms with Gasteiger partial charge in [0.05, 0.1) is 13.2 Å². The maximum absolute atomic E-state index is 13.1. The Morgan fingerprint density at radius 2 is 1.51 bits per heavy atom. The minimum Gasteiger partial charge on any atom is -0.494 e. The first-order valence-corrected chi connectivity index (χ1v) is 16.1. The lowest BCUT2D eigenvalue weighted by Gasteiger charge is -2.35. The second-order valence-corrected chi connectivity index (χ2v) is 12.8. The molecule has 8 heteroatoms. The number of carboxylic acids is 1. The molecular formula is C37H47N3O5. The van der Waals surface area contributed by atoms with Crippen LogP contribution in [-0.2, 0) is 21.4 Å². The van der Waals surface area contributed by atoms with E-state index in [2.05, 4.69) is 33.0 Å². The monoisotopic (exact) mass is 613 g/mol. The van der Waals surface area contributed by atoms with Crippen LogP contribution in [-0.4, -0.2) is 55.2 Å². The van der Waals surface area contributed by atoms with Crippen LogP contribution in [0.5, 0.6) is 5.75 Å². The molecule has 8 nitrogen and oxygen atoms in total. The van der Waals surface area contributed by atoms with E-state index in [0.29, 0.717) is 25.3 Å². The van der Waals surface area contributed by atoms with Gasteiger partial charge in [-0.15, -0.1) is 0 Å². The molecule has 45 heavy (non-hydrogen) atoms. The number of carboxylic acid groups (broad SMARTS) is 1. The second-order valence-electron chi connectivity index (χ2n) is 12.8. The maximum atomic E-state index is 13.1. The van der Waals surface area contributed by atoms with Crippen molar-refractivity contribution in [2.24, 2.45) is 0 Å². The Bertz CT molecular complexity index is 1410. The third kappa shape index (κ3) is 9.58. The van der Waals surface area contributed by atoms with Crippen molar-refractivity contribution in [1.82, 2.24) is 5.32 Å². The van der Waals surface area contributed by atoms with E-state index in [4.69, 9.17) is 4.74 Å². The molecule has 2 N–H and O–H groups in total. The van der Waals surface area contributed by atoms with E-state index in [9.17, 15) is 19.5 Å². The zero-order chi connectivity index (χ0) is 32.4. The van der Waals surface area contributed by atoms with E-state index in [1.807, 2.05) is 65.6 Å². The van der Waals surface area contributed by atoms with Gasteiger partial charge in [-0.25, -0.2) is 4.79 Å². The highest BCUT2D eigenvalue weighted by Crippen LogP contribution is 2.25. The number of nitrogens with zero attached hydrogens (tertiary/aromatic N) is 2. The number of nitrogens with one attached hydrogen (secondary N) is 1. The number of piperazine rings is 1. The molecule has 4 rings (SSSR count). The Balaban J connectivity index is 1.28. The predicted octanol–water partition coefficient (Wildman–Crippen LogP) is 6.61. The van der Waals surface area contributed by atoms with Crippen LogP contribution in [0.1, 0.15) is 81.3 Å². The molecule has 3 aromatic rings. The SMILES string of the molecule is CCCCCCCOc1ccc(N2CCN(c3ccc(CC(NC(=O)c4ccc(C(C)(C)C)cc4)C(=O)O)cc3)CC2=O)cc1. The van der Waals surface area contributed by atoms with Gasteiger partial charge in [0.15, 0.2) is 0 Å². The Morgan fingerprint density at radius 3 is 2.11 bits per heavy atom. The van der Waals surface area contributed by atoms with E-state index in [-0.39, 0.29) is 24.3 Å². The van der Waals surface area contributed by atoms with Crippen LogP contribution in [0.4, 0.5) is 11.4 Å². The molecule has 1 saturated heterocycles. The van der Waals surface area contributed by atoms with Gasteiger partial charge in [0.25, 0.3) is 5.91 Å². The number of aliphatic carboxylic acids is 1. The number of anilines is 2. The fraction of sp³-hybridized carbons (Fsp3) is 0.432. The van der Waals surface area contributed by atoms with Gasteiger partial charge >= 0.3 is 5.97 Å². The molecule has 2 amide bonds. The molecule has 3 aromatic carbocycles. The van der Waals surface area contributed by atoms with Crippen molar-refractivity contribution in [3.05, 3.63) is 89.5 Å². The summed E-state index contributed by atoms with van der Waals surface area (Å²) in [6.07, 6.45) is 6.12. The smallest absolute Gasteiger partial charge is 0.326 e. The molecule has 0 bridgehead atoms. The van der Waals surface area contributed by atoms with Crippen LogP contribution in [0.2, 0.25) is 0 Å². The number of hydrogen-bond donors (Lipinski definition) is 2. The summed E-state index contributed by atoms with van der Waals surface area (Å²) < 4.78 is 5.87. The molecule has 0 aliphatic carbocycles. The van der Waals surface area contributed by atoms with Crippen molar-refractivity contribution in [1.29, 1.82) is 0 Å². The summed E-state index contributed by atoms with van der Waals surface area (Å²) in [5.41, 5.74) is 4.01. The van der Waals surface area contributed by atoms with Crippen molar-refractivity contribution < 1.29 is 24.2 Å². The van der Waals surface area contributed by atoms with Crippen molar-refractivity contribution >= 4 is 29.2 Å². The molecule has 0 spiro atoms. The summed E-state index contributed by atoms with van der Waals surface area (Å²) in [6.45, 7) is 10.7. The van der Waals surface area contributed by atoms with Crippen LogP contribution in [0.25, 0.3) is 0 Å². The molecule has 1 atom stereocenters. The average Bonchev–Trinajstić information content (AvgIpc) is 3.02. The molecule has 1 unspecified atom stereocenters. The lowest BCUT2D eigenvalue weighted by atomic mass is 9.86. The number of ether oxygens (including phenoxy) is 1. The molecule has 1 fully saturated rings. The number of amides is 2. The quantitative estimate of drug-likeness (QED) is 0.199. The van der Waals surface area contributed by atoms with Gasteiger partial charge in [-0.3, -0.25) is 9.59 Å². The number of rotatable bonds is 14. The van der Waals surface area contributed by atoms with Crippen molar-refractivity contribution in [2.45, 2.75) is 77.7 Å². The van der Waals surface area contributed by atoms with Gasteiger partial charge in [0, 0.05) is 36.4 Å². The Kier molecular flexibility index (Phi) is 11.6. The number of benzene rings is 3. The van der Waals surface area contributed by atoms with Gasteiger partial charge < -0.3 is 25.0 Å². The fourth-order valence-corrected chi connectivity index (χ4v) is 5.43. The molecular weight excluding hydrogens is 566 g/mol. The summed E-state index contributed by atoms with van der Waals surface area (Å²) in [5.74, 6) is -0.683. The Labute approximate surface area is 267 Å². The standard InChI is InChI=1S/C37H47N3O5/c1-5-6-7-8-9-24-45-32-20-18-31(19-21-32)40-23-22-39(26-34(40)41)30-16-10-27(11-17-30)25-33(36(43)44)38-35(42)28-12-14-29(15-13-28)37(2,3)4/h10-21,33H,5-9,22-26H2,1-4H3,(H,38,42)(H,43,44). The summed E-state index contributed by atoms with van der Waals surface area (Å²) in [6, 6.07) is 21.4. The fourth-order valence-electron chi connectivity index (χ4n) is 5.43. The van der Waals surface area contributed by atoms with Gasteiger partial charge in [-0.1, -0.05) is 77.6 Å². The van der Waals surface area contributed by atoms with Gasteiger partial charge in [0.1, 0.15) is 11.8 Å². The maximum Gasteiger partial charge on any atom is 0.326 e. The minimum absolute atomic E-state index is 0.0131. The number of carbonyl (C=O) groups excluding carboxylic acids is 2. The zero-order valence-corrected chi connectivity index (χ0v) is 27.1. The molecule has 0 radical (unpaired) electrons. The van der Waals surface area contributed by atoms with E-state index < -0.39 is 17.9 Å².